The summed E-state index contributed by atoms with van der Waals surface area (Å²) in [6, 6.07) is 22.9. The smallest absolute Gasteiger partial charge is 0.341 e. The number of rotatable bonds is 7. The van der Waals surface area contributed by atoms with Gasteiger partial charge < -0.3 is 14.8 Å². The number of carbonyl (C=O) groups is 3. The lowest BCUT2D eigenvalue weighted by Crippen LogP contribution is -2.32. The van der Waals surface area contributed by atoms with E-state index in [0.29, 0.717) is 33.1 Å². The van der Waals surface area contributed by atoms with Gasteiger partial charge in [0.05, 0.1) is 28.5 Å². The van der Waals surface area contributed by atoms with Gasteiger partial charge in [0.15, 0.2) is 6.10 Å². The molecule has 1 aliphatic carbocycles. The van der Waals surface area contributed by atoms with E-state index >= 15 is 0 Å². The van der Waals surface area contributed by atoms with Crippen molar-refractivity contribution in [3.63, 3.8) is 0 Å². The maximum atomic E-state index is 13.5. The van der Waals surface area contributed by atoms with E-state index in [1.807, 2.05) is 54.6 Å². The average Bonchev–Trinajstić information content (AvgIpc) is 3.61. The van der Waals surface area contributed by atoms with Crippen LogP contribution in [0.15, 0.2) is 72.8 Å². The summed E-state index contributed by atoms with van der Waals surface area (Å²) in [4.78, 5) is 45.3. The molecule has 7 nitrogen and oxygen atoms in total. The number of aryl methyl sites for hydroxylation is 1. The topological polar surface area (TPSA) is 94.6 Å². The molecule has 206 valence electrons. The highest BCUT2D eigenvalue weighted by atomic mass is 32.1. The molecule has 1 amide bonds. The Bertz CT molecular complexity index is 1770. The van der Waals surface area contributed by atoms with E-state index in [2.05, 4.69) is 16.4 Å². The van der Waals surface area contributed by atoms with Gasteiger partial charge in [0.2, 0.25) is 0 Å². The first-order chi connectivity index (χ1) is 20.0. The Balaban J connectivity index is 1.27. The number of para-hydroxylation sites is 1. The molecule has 0 saturated heterocycles. The van der Waals surface area contributed by atoms with Crippen LogP contribution in [0.4, 0.5) is 5.00 Å². The van der Waals surface area contributed by atoms with Crippen molar-refractivity contribution in [3.8, 4) is 21.0 Å². The number of amides is 1. The number of carbonyl (C=O) groups excluding carboxylic acids is 3. The number of aromatic nitrogens is 1. The van der Waals surface area contributed by atoms with Crippen LogP contribution in [0.1, 0.15) is 45.2 Å². The Kier molecular flexibility index (Phi) is 7.38. The summed E-state index contributed by atoms with van der Waals surface area (Å²) >= 11 is 2.83. The third kappa shape index (κ3) is 5.03. The van der Waals surface area contributed by atoms with Crippen LogP contribution in [0.2, 0.25) is 0 Å². The molecule has 1 N–H and O–H groups in total. The number of thiazole rings is 1. The summed E-state index contributed by atoms with van der Waals surface area (Å²) in [6.45, 7) is 1.77. The van der Waals surface area contributed by atoms with Crippen molar-refractivity contribution in [2.45, 2.75) is 32.3 Å². The number of esters is 2. The lowest BCUT2D eigenvalue weighted by atomic mass is 9.89. The maximum Gasteiger partial charge on any atom is 0.341 e. The van der Waals surface area contributed by atoms with Crippen LogP contribution in [0.3, 0.4) is 0 Å². The van der Waals surface area contributed by atoms with E-state index in [1.165, 1.54) is 35.3 Å². The number of nitrogens with one attached hydrogen (secondary N) is 1. The van der Waals surface area contributed by atoms with Gasteiger partial charge in [0.1, 0.15) is 10.0 Å². The van der Waals surface area contributed by atoms with E-state index in [9.17, 15) is 14.4 Å². The first kappa shape index (κ1) is 26.9. The number of fused-ring (bicyclic) bond motifs is 4. The van der Waals surface area contributed by atoms with E-state index in [4.69, 9.17) is 9.47 Å². The molecule has 2 aromatic heterocycles. The van der Waals surface area contributed by atoms with Crippen LogP contribution in [0.5, 0.6) is 0 Å². The molecule has 5 aromatic rings. The van der Waals surface area contributed by atoms with Crippen LogP contribution < -0.4 is 5.32 Å². The highest BCUT2D eigenvalue weighted by Crippen LogP contribution is 2.45. The summed E-state index contributed by atoms with van der Waals surface area (Å²) in [5.74, 6) is -1.63. The monoisotopic (exact) mass is 582 g/mol. The number of thiophene rings is 1. The van der Waals surface area contributed by atoms with Crippen molar-refractivity contribution in [2.24, 2.45) is 0 Å². The Morgan fingerprint density at radius 1 is 0.902 bits per heavy atom. The van der Waals surface area contributed by atoms with Crippen molar-refractivity contribution in [1.29, 1.82) is 0 Å². The van der Waals surface area contributed by atoms with Gasteiger partial charge in [-0.05, 0) is 54.2 Å². The minimum atomic E-state index is -1.07. The number of benzene rings is 3. The molecule has 0 fully saturated rings. The van der Waals surface area contributed by atoms with Crippen molar-refractivity contribution < 1.29 is 23.9 Å². The fourth-order valence-electron chi connectivity index (χ4n) is 5.09. The molecule has 6 rings (SSSR count). The van der Waals surface area contributed by atoms with Crippen molar-refractivity contribution >= 4 is 55.7 Å². The van der Waals surface area contributed by atoms with Gasteiger partial charge in [0, 0.05) is 10.4 Å². The molecule has 0 radical (unpaired) electrons. The van der Waals surface area contributed by atoms with Gasteiger partial charge >= 0.3 is 11.9 Å². The molecule has 1 atom stereocenters. The lowest BCUT2D eigenvalue weighted by molar-refractivity contribution is -0.124. The maximum absolute atomic E-state index is 13.5. The van der Waals surface area contributed by atoms with E-state index in [1.54, 1.807) is 19.1 Å². The zero-order valence-corrected chi connectivity index (χ0v) is 24.1. The van der Waals surface area contributed by atoms with Gasteiger partial charge in [-0.25, -0.2) is 14.6 Å². The minimum absolute atomic E-state index is 0.252. The quantitative estimate of drug-likeness (QED) is 0.205. The number of anilines is 1. The van der Waals surface area contributed by atoms with Gasteiger partial charge in [-0.3, -0.25) is 4.79 Å². The normalized spacial score (nSPS) is 12.7. The van der Waals surface area contributed by atoms with Crippen molar-refractivity contribution in [3.05, 3.63) is 95.1 Å². The van der Waals surface area contributed by atoms with Gasteiger partial charge in [0.25, 0.3) is 5.91 Å². The summed E-state index contributed by atoms with van der Waals surface area (Å²) < 4.78 is 11.9. The lowest BCUT2D eigenvalue weighted by Gasteiger charge is -2.17. The predicted molar refractivity (Wildman–Crippen MR) is 162 cm³/mol. The van der Waals surface area contributed by atoms with Crippen molar-refractivity contribution in [2.75, 3.05) is 12.4 Å². The Hall–Kier alpha value is -4.34. The van der Waals surface area contributed by atoms with Crippen molar-refractivity contribution in [1.82, 2.24) is 4.98 Å². The van der Waals surface area contributed by atoms with Gasteiger partial charge in [-0.2, -0.15) is 0 Å². The van der Waals surface area contributed by atoms with Crippen LogP contribution in [-0.2, 0) is 27.1 Å². The number of hydrogen-bond acceptors (Lipinski definition) is 8. The fourth-order valence-corrected chi connectivity index (χ4v) is 7.40. The largest absolute Gasteiger partial charge is 0.465 e. The second-order valence-electron chi connectivity index (χ2n) is 9.59. The summed E-state index contributed by atoms with van der Waals surface area (Å²) in [6.07, 6.45) is 0.642. The van der Waals surface area contributed by atoms with E-state index < -0.39 is 23.9 Å². The third-order valence-electron chi connectivity index (χ3n) is 7.12. The van der Waals surface area contributed by atoms with Gasteiger partial charge in [-0.1, -0.05) is 61.5 Å². The highest BCUT2D eigenvalue weighted by molar-refractivity contribution is 7.21. The van der Waals surface area contributed by atoms with E-state index in [-0.39, 0.29) is 6.42 Å². The minimum Gasteiger partial charge on any atom is -0.465 e. The molecule has 0 aliphatic heterocycles. The van der Waals surface area contributed by atoms with Crippen LogP contribution in [-0.4, -0.2) is 36.0 Å². The molecular formula is C32H26N2O5S2. The molecule has 1 unspecified atom stereocenters. The molecule has 41 heavy (non-hydrogen) atoms. The molecule has 0 saturated carbocycles. The Labute approximate surface area is 244 Å². The predicted octanol–water partition coefficient (Wildman–Crippen LogP) is 7.15. The number of hydrogen-bond donors (Lipinski definition) is 1. The SMILES string of the molecule is CCC(OC(=O)c1ccccc1-c1nc2ccccc2s1)C(=O)Nc1sc2c(c1C(=O)OC)CCc1ccccc1-2. The van der Waals surface area contributed by atoms with E-state index in [0.717, 1.165) is 32.6 Å². The summed E-state index contributed by atoms with van der Waals surface area (Å²) in [7, 11) is 1.33. The van der Waals surface area contributed by atoms with Crippen LogP contribution in [0, 0.1) is 0 Å². The van der Waals surface area contributed by atoms with Gasteiger partial charge in [-0.15, -0.1) is 22.7 Å². The molecule has 1 aliphatic rings. The zero-order chi connectivity index (χ0) is 28.5. The highest BCUT2D eigenvalue weighted by Gasteiger charge is 2.31. The first-order valence-corrected chi connectivity index (χ1v) is 14.9. The Morgan fingerprint density at radius 2 is 1.63 bits per heavy atom. The molecule has 9 heteroatoms. The average molecular weight is 583 g/mol. The standard InChI is InChI=1S/C32H26N2O5S2/c1-3-24(39-31(36)21-13-7-6-12-20(21)29-33-23-14-8-9-15-25(23)40-29)28(35)34-30-26(32(37)38-2)22-17-16-18-10-4-5-11-19(18)27(22)41-30/h4-15,24H,3,16-17H2,1-2H3,(H,34,35). The van der Waals surface area contributed by atoms with Crippen LogP contribution in [0.25, 0.3) is 31.2 Å². The first-order valence-electron chi connectivity index (χ1n) is 13.3. The molecule has 0 spiro atoms. The summed E-state index contributed by atoms with van der Waals surface area (Å²) in [5.41, 5.74) is 5.30. The summed E-state index contributed by atoms with van der Waals surface area (Å²) in [5, 5.41) is 3.97. The number of methoxy groups -OCH3 is 1. The molecule has 2 heterocycles. The number of ether oxygens (including phenoxy) is 2. The number of nitrogens with zero attached hydrogens (tertiary/aromatic N) is 1. The van der Waals surface area contributed by atoms with Crippen LogP contribution >= 0.6 is 22.7 Å². The molecule has 3 aromatic carbocycles. The molecular weight excluding hydrogens is 556 g/mol. The second kappa shape index (κ2) is 11.3. The Morgan fingerprint density at radius 3 is 2.41 bits per heavy atom. The second-order valence-corrected chi connectivity index (χ2v) is 11.6. The zero-order valence-electron chi connectivity index (χ0n) is 22.4. The fraction of sp³-hybridized carbons (Fsp3) is 0.188. The third-order valence-corrected chi connectivity index (χ3v) is 9.37. The molecule has 0 bridgehead atoms.